The minimum Gasteiger partial charge on any atom is -0.497 e. The van der Waals surface area contributed by atoms with Gasteiger partial charge in [0, 0.05) is 52.6 Å². The van der Waals surface area contributed by atoms with Crippen LogP contribution in [0.3, 0.4) is 0 Å². The number of methoxy groups -OCH3 is 1. The zero-order chi connectivity index (χ0) is 24.6. The van der Waals surface area contributed by atoms with Crippen molar-refractivity contribution in [3.8, 4) is 17.2 Å². The van der Waals surface area contributed by atoms with E-state index in [2.05, 4.69) is 64.2 Å². The van der Waals surface area contributed by atoms with Crippen molar-refractivity contribution in [1.29, 1.82) is 0 Å². The molecule has 7 nitrogen and oxygen atoms in total. The van der Waals surface area contributed by atoms with Gasteiger partial charge in [0.25, 0.3) is 0 Å². The first kappa shape index (κ1) is 22.3. The van der Waals surface area contributed by atoms with Crippen LogP contribution in [-0.2, 0) is 11.3 Å². The van der Waals surface area contributed by atoms with Crippen LogP contribution in [0.15, 0.2) is 71.1 Å². The molecule has 1 fully saturated rings. The number of nitrogens with zero attached hydrogens (tertiary/aromatic N) is 4. The average molecular weight is 481 g/mol. The van der Waals surface area contributed by atoms with Crippen LogP contribution >= 0.6 is 0 Å². The molecule has 0 N–H and O–H groups in total. The molecule has 1 aliphatic heterocycles. The number of fused-ring (bicyclic) bond motifs is 3. The van der Waals surface area contributed by atoms with Crippen LogP contribution in [0.4, 0.5) is 5.69 Å². The molecule has 1 unspecified atom stereocenters. The maximum Gasteiger partial charge on any atom is 0.247 e. The van der Waals surface area contributed by atoms with Crippen molar-refractivity contribution in [2.45, 2.75) is 38.6 Å². The predicted octanol–water partition coefficient (Wildman–Crippen LogP) is 6.17. The van der Waals surface area contributed by atoms with Gasteiger partial charge in [0.1, 0.15) is 5.75 Å². The molecule has 7 heteroatoms. The SMILES string of the molecule is CCCCn1c2ccccc2c2cc(N3CC(c4nnc(-c5ccc(OC)cc5)o4)CC3=O)ccc21. The number of anilines is 1. The quantitative estimate of drug-likeness (QED) is 0.278. The largest absolute Gasteiger partial charge is 0.497 e. The summed E-state index contributed by atoms with van der Waals surface area (Å²) in [6, 6.07) is 22.3. The van der Waals surface area contributed by atoms with Crippen LogP contribution in [0.1, 0.15) is 38.0 Å². The number of carbonyl (C=O) groups is 1. The van der Waals surface area contributed by atoms with E-state index in [1.165, 1.54) is 21.8 Å². The molecule has 1 saturated heterocycles. The van der Waals surface area contributed by atoms with Gasteiger partial charge in [-0.2, -0.15) is 0 Å². The number of aromatic nitrogens is 3. The van der Waals surface area contributed by atoms with E-state index in [4.69, 9.17) is 9.15 Å². The van der Waals surface area contributed by atoms with Gasteiger partial charge in [-0.05, 0) is 55.0 Å². The Kier molecular flexibility index (Phi) is 5.68. The summed E-state index contributed by atoms with van der Waals surface area (Å²) in [5, 5.41) is 10.9. The van der Waals surface area contributed by atoms with Gasteiger partial charge in [0.15, 0.2) is 0 Å². The van der Waals surface area contributed by atoms with Crippen LogP contribution in [0.25, 0.3) is 33.3 Å². The highest BCUT2D eigenvalue weighted by Gasteiger charge is 2.35. The fourth-order valence-electron chi connectivity index (χ4n) is 5.14. The molecule has 0 aliphatic carbocycles. The zero-order valence-corrected chi connectivity index (χ0v) is 20.5. The van der Waals surface area contributed by atoms with Crippen molar-refractivity contribution in [3.63, 3.8) is 0 Å². The summed E-state index contributed by atoms with van der Waals surface area (Å²) in [5.41, 5.74) is 4.17. The molecule has 182 valence electrons. The Morgan fingerprint density at radius 2 is 1.81 bits per heavy atom. The summed E-state index contributed by atoms with van der Waals surface area (Å²) in [5.74, 6) is 1.63. The monoisotopic (exact) mass is 480 g/mol. The number of carbonyl (C=O) groups excluding carboxylic acids is 1. The summed E-state index contributed by atoms with van der Waals surface area (Å²) >= 11 is 0. The number of para-hydroxylation sites is 1. The van der Waals surface area contributed by atoms with E-state index in [0.29, 0.717) is 24.7 Å². The maximum atomic E-state index is 13.1. The molecule has 0 saturated carbocycles. The second-order valence-corrected chi connectivity index (χ2v) is 9.30. The third kappa shape index (κ3) is 3.81. The highest BCUT2D eigenvalue weighted by molar-refractivity contribution is 6.10. The standard InChI is InChI=1S/C29H28N4O3/c1-3-4-15-32-25-8-6-5-7-23(25)24-17-21(11-14-26(24)32)33-18-20(16-27(33)34)29-31-30-28(36-29)19-9-12-22(35-2)13-10-19/h5-14,17,20H,3-4,15-16,18H2,1-2H3. The number of hydrogen-bond acceptors (Lipinski definition) is 5. The fourth-order valence-corrected chi connectivity index (χ4v) is 5.14. The van der Waals surface area contributed by atoms with Gasteiger partial charge < -0.3 is 18.6 Å². The number of unbranched alkanes of at least 4 members (excludes halogenated alkanes) is 1. The van der Waals surface area contributed by atoms with Crippen molar-refractivity contribution in [3.05, 3.63) is 72.6 Å². The topological polar surface area (TPSA) is 73.4 Å². The Bertz CT molecular complexity index is 1550. The lowest BCUT2D eigenvalue weighted by Crippen LogP contribution is -2.24. The van der Waals surface area contributed by atoms with Crippen LogP contribution in [0, 0.1) is 0 Å². The smallest absolute Gasteiger partial charge is 0.247 e. The van der Waals surface area contributed by atoms with Gasteiger partial charge in [-0.25, -0.2) is 0 Å². The Morgan fingerprint density at radius 3 is 2.61 bits per heavy atom. The van der Waals surface area contributed by atoms with Crippen molar-refractivity contribution >= 4 is 33.4 Å². The Labute approximate surface area is 209 Å². The molecule has 0 radical (unpaired) electrons. The lowest BCUT2D eigenvalue weighted by atomic mass is 10.1. The second-order valence-electron chi connectivity index (χ2n) is 9.30. The van der Waals surface area contributed by atoms with E-state index < -0.39 is 0 Å². The van der Waals surface area contributed by atoms with Crippen LogP contribution in [-0.4, -0.2) is 34.3 Å². The first-order valence-corrected chi connectivity index (χ1v) is 12.5. The van der Waals surface area contributed by atoms with E-state index in [1.54, 1.807) is 7.11 Å². The minimum absolute atomic E-state index is 0.0678. The Morgan fingerprint density at radius 1 is 1.00 bits per heavy atom. The average Bonchev–Trinajstić information content (AvgIpc) is 3.63. The number of aryl methyl sites for hydroxylation is 1. The van der Waals surface area contributed by atoms with E-state index in [-0.39, 0.29) is 11.8 Å². The highest BCUT2D eigenvalue weighted by Crippen LogP contribution is 2.36. The molecule has 3 heterocycles. The van der Waals surface area contributed by atoms with Crippen molar-refractivity contribution in [1.82, 2.24) is 14.8 Å². The summed E-state index contributed by atoms with van der Waals surface area (Å²) in [7, 11) is 1.63. The van der Waals surface area contributed by atoms with Crippen LogP contribution in [0.2, 0.25) is 0 Å². The summed E-state index contributed by atoms with van der Waals surface area (Å²) in [4.78, 5) is 14.9. The van der Waals surface area contributed by atoms with E-state index >= 15 is 0 Å². The van der Waals surface area contributed by atoms with Crippen molar-refractivity contribution in [2.24, 2.45) is 0 Å². The molecular weight excluding hydrogens is 452 g/mol. The van der Waals surface area contributed by atoms with Crippen molar-refractivity contribution < 1.29 is 13.9 Å². The number of hydrogen-bond donors (Lipinski definition) is 0. The molecular formula is C29H28N4O3. The fraction of sp³-hybridized carbons (Fsp3) is 0.276. The highest BCUT2D eigenvalue weighted by atomic mass is 16.5. The molecule has 1 atom stereocenters. The van der Waals surface area contributed by atoms with Gasteiger partial charge in [-0.15, -0.1) is 10.2 Å². The minimum atomic E-state index is -0.140. The lowest BCUT2D eigenvalue weighted by Gasteiger charge is -2.16. The number of rotatable bonds is 7. The zero-order valence-electron chi connectivity index (χ0n) is 20.5. The van der Waals surface area contributed by atoms with Crippen LogP contribution in [0.5, 0.6) is 5.75 Å². The molecule has 36 heavy (non-hydrogen) atoms. The summed E-state index contributed by atoms with van der Waals surface area (Å²) in [6.45, 7) is 3.71. The van der Waals surface area contributed by atoms with Gasteiger partial charge in [-0.1, -0.05) is 31.5 Å². The summed E-state index contributed by atoms with van der Waals surface area (Å²) in [6.07, 6.45) is 2.62. The van der Waals surface area contributed by atoms with Gasteiger partial charge in [-0.3, -0.25) is 4.79 Å². The van der Waals surface area contributed by atoms with Crippen LogP contribution < -0.4 is 9.64 Å². The first-order chi connectivity index (χ1) is 17.7. The second kappa shape index (κ2) is 9.15. The maximum absolute atomic E-state index is 13.1. The van der Waals surface area contributed by atoms with Gasteiger partial charge in [0.2, 0.25) is 17.7 Å². The Hall–Kier alpha value is -4.13. The van der Waals surface area contributed by atoms with E-state index in [1.807, 2.05) is 29.2 Å². The molecule has 0 spiro atoms. The number of amides is 1. The molecule has 5 aromatic rings. The summed E-state index contributed by atoms with van der Waals surface area (Å²) < 4.78 is 13.6. The normalized spacial score (nSPS) is 15.9. The number of benzene rings is 3. The molecule has 1 aliphatic rings. The molecule has 3 aromatic carbocycles. The van der Waals surface area contributed by atoms with Crippen molar-refractivity contribution in [2.75, 3.05) is 18.6 Å². The first-order valence-electron chi connectivity index (χ1n) is 12.5. The lowest BCUT2D eigenvalue weighted by molar-refractivity contribution is -0.117. The third-order valence-corrected chi connectivity index (χ3v) is 7.05. The third-order valence-electron chi connectivity index (χ3n) is 7.05. The molecule has 0 bridgehead atoms. The Balaban J connectivity index is 1.28. The predicted molar refractivity (Wildman–Crippen MR) is 140 cm³/mol. The van der Waals surface area contributed by atoms with E-state index in [0.717, 1.165) is 36.4 Å². The molecule has 6 rings (SSSR count). The molecule has 1 amide bonds. The van der Waals surface area contributed by atoms with Gasteiger partial charge in [0.05, 0.1) is 13.0 Å². The van der Waals surface area contributed by atoms with E-state index in [9.17, 15) is 4.79 Å². The van der Waals surface area contributed by atoms with Gasteiger partial charge >= 0.3 is 0 Å². The molecule has 2 aromatic heterocycles. The number of ether oxygens (including phenoxy) is 1.